The van der Waals surface area contributed by atoms with Crippen molar-refractivity contribution in [2.24, 2.45) is 0 Å². The number of pyridine rings is 1. The van der Waals surface area contributed by atoms with Crippen molar-refractivity contribution in [3.05, 3.63) is 45.8 Å². The minimum Gasteiger partial charge on any atom is -0.467 e. The number of fused-ring (bicyclic) bond motifs is 1. The number of nitrogens with zero attached hydrogens (tertiary/aromatic N) is 2. The lowest BCUT2D eigenvalue weighted by molar-refractivity contribution is 0.0575. The molecule has 28 heavy (non-hydrogen) atoms. The first-order valence-electron chi connectivity index (χ1n) is 9.25. The molecule has 0 radical (unpaired) electrons. The molecule has 0 saturated carbocycles. The summed E-state index contributed by atoms with van der Waals surface area (Å²) in [6, 6.07) is 5.31. The molecule has 1 amide bonds. The quantitative estimate of drug-likeness (QED) is 0.421. The first-order chi connectivity index (χ1) is 13.2. The molecule has 0 aliphatic carbocycles. The Morgan fingerprint density at radius 3 is 2.57 bits per heavy atom. The summed E-state index contributed by atoms with van der Waals surface area (Å²) in [5, 5.41) is 0.335. The second-order valence-corrected chi connectivity index (χ2v) is 8.68. The van der Waals surface area contributed by atoms with Crippen LogP contribution in [0.5, 0.6) is 0 Å². The summed E-state index contributed by atoms with van der Waals surface area (Å²) in [7, 11) is 0. The van der Waals surface area contributed by atoms with Gasteiger partial charge in [0.1, 0.15) is 16.5 Å². The largest absolute Gasteiger partial charge is 0.467 e. The average Bonchev–Trinajstić information content (AvgIpc) is 3.22. The van der Waals surface area contributed by atoms with Gasteiger partial charge >= 0.3 is 6.09 Å². The number of furan rings is 1. The van der Waals surface area contributed by atoms with E-state index in [4.69, 9.17) is 20.8 Å². The molecule has 0 saturated heterocycles. The molecule has 0 aliphatic rings. The van der Waals surface area contributed by atoms with E-state index in [0.717, 1.165) is 20.7 Å². The van der Waals surface area contributed by atoms with Crippen LogP contribution in [0.3, 0.4) is 0 Å². The molecule has 152 valence electrons. The van der Waals surface area contributed by atoms with Crippen LogP contribution < -0.4 is 4.90 Å². The molecule has 0 N–H and O–H groups in total. The highest BCUT2D eigenvalue weighted by Crippen LogP contribution is 2.38. The van der Waals surface area contributed by atoms with Crippen molar-refractivity contribution in [1.82, 2.24) is 4.98 Å². The van der Waals surface area contributed by atoms with Gasteiger partial charge in [-0.3, -0.25) is 4.90 Å². The maximum absolute atomic E-state index is 12.9. The van der Waals surface area contributed by atoms with Gasteiger partial charge in [0.15, 0.2) is 0 Å². The summed E-state index contributed by atoms with van der Waals surface area (Å²) in [5.41, 5.74) is 1.93. The van der Waals surface area contributed by atoms with Crippen LogP contribution >= 0.6 is 22.9 Å². The molecule has 3 aromatic rings. The van der Waals surface area contributed by atoms with Crippen molar-refractivity contribution in [1.29, 1.82) is 0 Å². The monoisotopic (exact) mass is 422 g/mol. The maximum Gasteiger partial charge on any atom is 0.415 e. The van der Waals surface area contributed by atoms with Crippen molar-refractivity contribution in [2.75, 3.05) is 4.90 Å². The third-order valence-corrected chi connectivity index (χ3v) is 5.27. The Kier molecular flexibility index (Phi) is 7.12. The van der Waals surface area contributed by atoms with Gasteiger partial charge in [-0.25, -0.2) is 9.78 Å². The molecule has 0 aromatic carbocycles. The number of anilines is 1. The predicted octanol–water partition coefficient (Wildman–Crippen LogP) is 7.13. The molecule has 3 heterocycles. The molecule has 0 bridgehead atoms. The Labute approximate surface area is 175 Å². The third kappa shape index (κ3) is 5.06. The van der Waals surface area contributed by atoms with E-state index in [9.17, 15) is 4.79 Å². The third-order valence-electron chi connectivity index (χ3n) is 3.86. The smallest absolute Gasteiger partial charge is 0.415 e. The zero-order valence-electron chi connectivity index (χ0n) is 17.4. The molecule has 0 aliphatic heterocycles. The molecule has 7 heteroatoms. The van der Waals surface area contributed by atoms with Gasteiger partial charge in [0.25, 0.3) is 0 Å². The minimum atomic E-state index is -0.615. The zero-order chi connectivity index (χ0) is 21.1. The van der Waals surface area contributed by atoms with Crippen LogP contribution in [0.4, 0.5) is 10.5 Å². The van der Waals surface area contributed by atoms with Crippen LogP contribution in [-0.2, 0) is 11.3 Å². The molecular weight excluding hydrogens is 396 g/mol. The number of rotatable bonds is 3. The summed E-state index contributed by atoms with van der Waals surface area (Å²) in [5.74, 6) is 0.655. The first-order valence-corrected chi connectivity index (χ1v) is 10.4. The number of carbonyl (C=O) groups excluding carboxylic acids is 1. The Hall–Kier alpha value is -2.05. The lowest BCUT2D eigenvalue weighted by atomic mass is 10.2. The number of halogens is 1. The number of ether oxygens (including phenoxy) is 1. The van der Waals surface area contributed by atoms with Crippen LogP contribution in [0.2, 0.25) is 5.15 Å². The lowest BCUT2D eigenvalue weighted by Crippen LogP contribution is -2.36. The van der Waals surface area contributed by atoms with Crippen LogP contribution in [0, 0.1) is 13.8 Å². The second kappa shape index (κ2) is 8.97. The fourth-order valence-electron chi connectivity index (χ4n) is 2.56. The van der Waals surface area contributed by atoms with Gasteiger partial charge in [0.05, 0.1) is 28.7 Å². The highest BCUT2D eigenvalue weighted by molar-refractivity contribution is 7.19. The number of aromatic nitrogens is 1. The number of carbonyl (C=O) groups is 1. The number of thiophene rings is 1. The second-order valence-electron chi connectivity index (χ2n) is 7.07. The van der Waals surface area contributed by atoms with Crippen LogP contribution in [0.1, 0.15) is 50.8 Å². The van der Waals surface area contributed by atoms with Gasteiger partial charge in [0.2, 0.25) is 0 Å². The van der Waals surface area contributed by atoms with E-state index < -0.39 is 11.7 Å². The van der Waals surface area contributed by atoms with Gasteiger partial charge < -0.3 is 9.15 Å². The molecule has 3 rings (SSSR count). The molecule has 0 spiro atoms. The van der Waals surface area contributed by atoms with E-state index in [1.165, 1.54) is 0 Å². The number of aryl methyl sites for hydroxylation is 2. The Morgan fingerprint density at radius 1 is 1.32 bits per heavy atom. The zero-order valence-corrected chi connectivity index (χ0v) is 19.0. The van der Waals surface area contributed by atoms with Crippen molar-refractivity contribution in [2.45, 2.75) is 60.6 Å². The molecule has 0 unspecified atom stereocenters. The van der Waals surface area contributed by atoms with Crippen molar-refractivity contribution in [3.8, 4) is 0 Å². The number of hydrogen-bond acceptors (Lipinski definition) is 5. The van der Waals surface area contributed by atoms with Crippen LogP contribution in [0.15, 0.2) is 28.9 Å². The van der Waals surface area contributed by atoms with E-state index in [0.29, 0.717) is 16.6 Å². The molecule has 5 nitrogen and oxygen atoms in total. The summed E-state index contributed by atoms with van der Waals surface area (Å²) in [6.07, 6.45) is 1.12. The van der Waals surface area contributed by atoms with E-state index in [2.05, 4.69) is 4.98 Å². The van der Waals surface area contributed by atoms with Crippen LogP contribution in [-0.4, -0.2) is 16.7 Å². The van der Waals surface area contributed by atoms with Gasteiger partial charge in [0, 0.05) is 10.9 Å². The average molecular weight is 423 g/mol. The molecule has 0 fully saturated rings. The number of amides is 1. The molecular formula is C21H27ClN2O3S. The van der Waals surface area contributed by atoms with E-state index in [1.807, 2.05) is 54.5 Å². The molecule has 0 atom stereocenters. The van der Waals surface area contributed by atoms with E-state index in [-0.39, 0.29) is 6.54 Å². The topological polar surface area (TPSA) is 55.6 Å². The van der Waals surface area contributed by atoms with Crippen molar-refractivity contribution >= 4 is 44.9 Å². The summed E-state index contributed by atoms with van der Waals surface area (Å²) < 4.78 is 12.0. The minimum absolute atomic E-state index is 0.243. The first kappa shape index (κ1) is 22.2. The van der Waals surface area contributed by atoms with Gasteiger partial charge in [-0.2, -0.15) is 0 Å². The van der Waals surface area contributed by atoms with Crippen LogP contribution in [0.25, 0.3) is 10.2 Å². The SMILES string of the molecule is CC.Cc1sc2c(N(Cc3ccco3)C(=O)OC(C)(C)C)cc(Cl)nc2c1C. The Bertz CT molecular complexity index is 943. The number of hydrogen-bond donors (Lipinski definition) is 0. The summed E-state index contributed by atoms with van der Waals surface area (Å²) in [6.45, 7) is 13.8. The lowest BCUT2D eigenvalue weighted by Gasteiger charge is -2.27. The van der Waals surface area contributed by atoms with Crippen molar-refractivity contribution < 1.29 is 13.9 Å². The maximum atomic E-state index is 12.9. The normalized spacial score (nSPS) is 11.1. The fraction of sp³-hybridized carbons (Fsp3) is 0.429. The van der Waals surface area contributed by atoms with E-state index >= 15 is 0 Å². The fourth-order valence-corrected chi connectivity index (χ4v) is 3.88. The highest BCUT2D eigenvalue weighted by atomic mass is 35.5. The van der Waals surface area contributed by atoms with Gasteiger partial charge in [-0.05, 0) is 52.3 Å². The Morgan fingerprint density at radius 2 is 2.00 bits per heavy atom. The summed E-state index contributed by atoms with van der Waals surface area (Å²) in [4.78, 5) is 20.1. The Balaban J connectivity index is 0.00000136. The highest BCUT2D eigenvalue weighted by Gasteiger charge is 2.27. The standard InChI is InChI=1S/C19H21ClN2O3S.C2H6/c1-11-12(2)26-17-14(9-15(20)21-16(11)17)22(10-13-7-6-8-24-13)18(23)25-19(3,4)5;1-2/h6-9H,10H2,1-5H3;1-2H3. The van der Waals surface area contributed by atoms with Gasteiger partial charge in [-0.1, -0.05) is 25.4 Å². The summed E-state index contributed by atoms with van der Waals surface area (Å²) >= 11 is 7.85. The molecule has 3 aromatic heterocycles. The van der Waals surface area contributed by atoms with E-state index in [1.54, 1.807) is 34.6 Å². The predicted molar refractivity (Wildman–Crippen MR) is 117 cm³/mol. The van der Waals surface area contributed by atoms with Crippen molar-refractivity contribution in [3.63, 3.8) is 0 Å². The van der Waals surface area contributed by atoms with Gasteiger partial charge in [-0.15, -0.1) is 11.3 Å².